The number of aromatic amines is 3. The largest absolute Gasteiger partial charge is 0.480 e. The maximum Gasteiger partial charge on any atom is 0.368 e. The van der Waals surface area contributed by atoms with E-state index < -0.39 is 18.0 Å². The molecule has 0 spiro atoms. The van der Waals surface area contributed by atoms with Crippen molar-refractivity contribution in [2.24, 2.45) is 5.73 Å². The summed E-state index contributed by atoms with van der Waals surface area (Å²) in [7, 11) is 0. The van der Waals surface area contributed by atoms with Crippen LogP contribution in [0.5, 0.6) is 0 Å². The molecule has 272 valence electrons. The average molecular weight is 799 g/mol. The molecule has 8 rings (SSSR count). The Morgan fingerprint density at radius 2 is 1.35 bits per heavy atom. The smallest absolute Gasteiger partial charge is 0.368 e. The zero-order chi connectivity index (χ0) is 35.1. The monoisotopic (exact) mass is 796 g/mol. The summed E-state index contributed by atoms with van der Waals surface area (Å²) >= 11 is 17.9. The van der Waals surface area contributed by atoms with Gasteiger partial charge >= 0.3 is 11.9 Å². The first-order chi connectivity index (χ1) is 23.6. The number of nitrogens with one attached hydrogen (secondary N) is 5. The molecule has 0 radical (unpaired) electrons. The maximum absolute atomic E-state index is 11.2. The summed E-state index contributed by atoms with van der Waals surface area (Å²) in [5.74, 6) is -2.28. The van der Waals surface area contributed by atoms with Gasteiger partial charge < -0.3 is 36.2 Å². The molecule has 0 bridgehead atoms. The summed E-state index contributed by atoms with van der Waals surface area (Å²) in [4.78, 5) is 38.8. The van der Waals surface area contributed by atoms with Gasteiger partial charge in [0.1, 0.15) is 6.04 Å². The highest BCUT2D eigenvalue weighted by atomic mass is 35.5. The lowest BCUT2D eigenvalue weighted by Gasteiger charge is -2.20. The molecule has 2 aliphatic rings. The molecule has 3 aromatic heterocycles. The van der Waals surface area contributed by atoms with E-state index in [0.717, 1.165) is 70.1 Å². The summed E-state index contributed by atoms with van der Waals surface area (Å²) in [5, 5.41) is 28.6. The van der Waals surface area contributed by atoms with Gasteiger partial charge in [-0.2, -0.15) is 0 Å². The molecule has 2 aliphatic heterocycles. The lowest BCUT2D eigenvalue weighted by atomic mass is 9.99. The van der Waals surface area contributed by atoms with E-state index in [2.05, 4.69) is 37.7 Å². The molecule has 0 saturated carbocycles. The summed E-state index contributed by atoms with van der Waals surface area (Å²) in [6.07, 6.45) is 4.63. The van der Waals surface area contributed by atoms with Crippen LogP contribution in [0.15, 0.2) is 60.8 Å². The number of carboxylic acid groups (broad SMARTS) is 2. The topological polar surface area (TPSA) is 189 Å². The lowest BCUT2D eigenvalue weighted by Crippen LogP contribution is -2.34. The molecule has 0 aliphatic carbocycles. The van der Waals surface area contributed by atoms with Crippen molar-refractivity contribution in [1.29, 1.82) is 0 Å². The van der Waals surface area contributed by atoms with Gasteiger partial charge in [-0.05, 0) is 104 Å². The Kier molecular flexibility index (Phi) is 15.6. The van der Waals surface area contributed by atoms with Crippen molar-refractivity contribution < 1.29 is 24.6 Å². The fourth-order valence-electron chi connectivity index (χ4n) is 6.06. The van der Waals surface area contributed by atoms with Gasteiger partial charge in [-0.1, -0.05) is 34.8 Å². The van der Waals surface area contributed by atoms with Crippen LogP contribution in [0.4, 0.5) is 0 Å². The van der Waals surface area contributed by atoms with Crippen molar-refractivity contribution >= 4 is 111 Å². The predicted octanol–water partition coefficient (Wildman–Crippen LogP) is 7.00. The van der Waals surface area contributed by atoms with E-state index in [1.165, 1.54) is 33.1 Å². The number of benzene rings is 3. The quantitative estimate of drug-likeness (QED) is 0.0692. The Bertz CT molecular complexity index is 2130. The molecule has 11 nitrogen and oxygen atoms in total. The fourth-order valence-corrected chi connectivity index (χ4v) is 6.58. The van der Waals surface area contributed by atoms with E-state index in [9.17, 15) is 4.79 Å². The zero-order valence-electron chi connectivity index (χ0n) is 27.0. The third kappa shape index (κ3) is 10.2. The number of fused-ring (bicyclic) bond motifs is 7. The van der Waals surface area contributed by atoms with Gasteiger partial charge in [0.25, 0.3) is 0 Å². The summed E-state index contributed by atoms with van der Waals surface area (Å²) in [6, 6.07) is 16.8. The number of aliphatic carboxylic acids is 2. The second kappa shape index (κ2) is 19.2. The number of halogens is 5. The first-order valence-corrected chi connectivity index (χ1v) is 16.6. The Morgan fingerprint density at radius 1 is 0.804 bits per heavy atom. The molecule has 5 heterocycles. The van der Waals surface area contributed by atoms with E-state index >= 15 is 0 Å². The standard InChI is InChI=1S/C12H11ClN2O2.C11H11ClN2.C10H11ClN2.C2H2O3.2ClH/c13-6-1-2-9-8(5-6)7-3-4-14-11(12(16)17)10(7)15-9;12-7-1-2-10-9(5-7)8-3-4-13-6-11(8)14-10;11-8-1-2-10-9(5-8)7(3-4-12)6-13-10;3-1-2(4)5;;/h1-2,5,11,14-15H,3-4H2,(H,16,17);1-2,5,13-14H,3-4,6H2;1-2,5-6,13H,3-4,12H2;1H,(H,4,5);2*1H. The molecule has 3 aromatic carbocycles. The minimum atomic E-state index is -1.43. The van der Waals surface area contributed by atoms with Crippen LogP contribution in [0.1, 0.15) is 34.1 Å². The van der Waals surface area contributed by atoms with E-state index in [4.69, 9.17) is 60.3 Å². The minimum absolute atomic E-state index is 0. The number of nitrogens with two attached hydrogens (primary N) is 1. The van der Waals surface area contributed by atoms with Gasteiger partial charge in [-0.25, -0.2) is 4.79 Å². The highest BCUT2D eigenvalue weighted by Crippen LogP contribution is 2.32. The molecular weight excluding hydrogens is 762 g/mol. The number of aromatic nitrogens is 3. The van der Waals surface area contributed by atoms with Gasteiger partial charge in [-0.3, -0.25) is 14.9 Å². The van der Waals surface area contributed by atoms with Crippen LogP contribution >= 0.6 is 59.6 Å². The predicted molar refractivity (Wildman–Crippen MR) is 208 cm³/mol. The Morgan fingerprint density at radius 3 is 1.94 bits per heavy atom. The van der Waals surface area contributed by atoms with Crippen LogP contribution in [0, 0.1) is 0 Å². The van der Waals surface area contributed by atoms with Crippen LogP contribution in [-0.2, 0) is 40.2 Å². The summed E-state index contributed by atoms with van der Waals surface area (Å²) in [6.45, 7) is 3.34. The Hall–Kier alpha value is -3.78. The third-order valence-electron chi connectivity index (χ3n) is 8.21. The second-order valence-corrected chi connectivity index (χ2v) is 12.7. The lowest BCUT2D eigenvalue weighted by molar-refractivity contribution is -0.143. The van der Waals surface area contributed by atoms with Crippen LogP contribution in [0.3, 0.4) is 0 Å². The van der Waals surface area contributed by atoms with Crippen molar-refractivity contribution in [2.75, 3.05) is 19.6 Å². The molecule has 9 N–H and O–H groups in total. The molecule has 6 aromatic rings. The summed E-state index contributed by atoms with van der Waals surface area (Å²) in [5.41, 5.74) is 14.6. The van der Waals surface area contributed by atoms with Gasteiger partial charge in [0.15, 0.2) is 0 Å². The number of carbonyl (C=O) groups excluding carboxylic acids is 1. The van der Waals surface area contributed by atoms with Crippen molar-refractivity contribution in [3.63, 3.8) is 0 Å². The van der Waals surface area contributed by atoms with E-state index in [1.54, 1.807) is 6.07 Å². The molecular formula is C35H37Cl5N6O5. The second-order valence-electron chi connectivity index (χ2n) is 11.4. The molecule has 0 saturated heterocycles. The number of carboxylic acids is 2. The van der Waals surface area contributed by atoms with Crippen molar-refractivity contribution in [1.82, 2.24) is 25.6 Å². The molecule has 1 unspecified atom stereocenters. The molecule has 0 amide bonds. The number of rotatable bonds is 4. The van der Waals surface area contributed by atoms with Crippen LogP contribution in [0.2, 0.25) is 15.1 Å². The highest BCUT2D eigenvalue weighted by molar-refractivity contribution is 6.32. The third-order valence-corrected chi connectivity index (χ3v) is 8.92. The molecule has 51 heavy (non-hydrogen) atoms. The van der Waals surface area contributed by atoms with Gasteiger partial charge in [-0.15, -0.1) is 24.8 Å². The Labute approximate surface area is 320 Å². The van der Waals surface area contributed by atoms with Crippen LogP contribution in [-0.4, -0.2) is 63.0 Å². The molecule has 0 fully saturated rings. The first kappa shape index (κ1) is 41.6. The summed E-state index contributed by atoms with van der Waals surface area (Å²) < 4.78 is 0. The zero-order valence-corrected chi connectivity index (χ0v) is 30.9. The Balaban J connectivity index is 0.000000192. The SMILES string of the molecule is Cl.Cl.Clc1ccc2[nH]c3c(c2c1)CCNC3.NCCc1c[nH]c2ccc(Cl)cc12.O=C(O)C1NCCc2c1[nH]c1ccc(Cl)cc21.O=CC(=O)O. The fraction of sp³-hybridized carbons (Fsp3) is 0.229. The average Bonchev–Trinajstić information content (AvgIpc) is 3.78. The van der Waals surface area contributed by atoms with Crippen LogP contribution < -0.4 is 16.4 Å². The highest BCUT2D eigenvalue weighted by Gasteiger charge is 2.28. The maximum atomic E-state index is 11.2. The number of H-pyrrole nitrogens is 3. The number of hydrogen-bond acceptors (Lipinski definition) is 6. The number of carbonyl (C=O) groups is 3. The number of hydrogen-bond donors (Lipinski definition) is 8. The molecule has 1 atom stereocenters. The van der Waals surface area contributed by atoms with E-state index in [1.807, 2.05) is 42.6 Å². The van der Waals surface area contributed by atoms with Crippen molar-refractivity contribution in [3.8, 4) is 0 Å². The van der Waals surface area contributed by atoms with E-state index in [0.29, 0.717) is 18.1 Å². The molecule has 16 heteroatoms. The van der Waals surface area contributed by atoms with Gasteiger partial charge in [0.2, 0.25) is 6.29 Å². The number of aldehydes is 1. The minimum Gasteiger partial charge on any atom is -0.480 e. The van der Waals surface area contributed by atoms with Crippen molar-refractivity contribution in [2.45, 2.75) is 31.8 Å². The first-order valence-electron chi connectivity index (χ1n) is 15.5. The van der Waals surface area contributed by atoms with E-state index in [-0.39, 0.29) is 31.1 Å². The van der Waals surface area contributed by atoms with Gasteiger partial charge in [0, 0.05) is 78.5 Å². The normalized spacial score (nSPS) is 14.2. The van der Waals surface area contributed by atoms with Gasteiger partial charge in [0.05, 0.1) is 0 Å². The van der Waals surface area contributed by atoms with Crippen LogP contribution in [0.25, 0.3) is 32.7 Å². The van der Waals surface area contributed by atoms with Crippen molar-refractivity contribution in [3.05, 3.63) is 104 Å².